The van der Waals surface area contributed by atoms with Crippen LogP contribution in [0, 0.1) is 0 Å². The third-order valence-electron chi connectivity index (χ3n) is 2.43. The molecule has 1 aliphatic rings. The van der Waals surface area contributed by atoms with Crippen LogP contribution < -0.4 is 5.32 Å². The summed E-state index contributed by atoms with van der Waals surface area (Å²) >= 11 is 0. The van der Waals surface area contributed by atoms with E-state index < -0.39 is 0 Å². The van der Waals surface area contributed by atoms with Crippen molar-refractivity contribution < 1.29 is 9.84 Å². The third kappa shape index (κ3) is 5.24. The van der Waals surface area contributed by atoms with Crippen LogP contribution >= 0.6 is 0 Å². The molecule has 1 aliphatic heterocycles. The summed E-state index contributed by atoms with van der Waals surface area (Å²) in [6.07, 6.45) is 5.96. The second-order valence-electron chi connectivity index (χ2n) is 3.65. The molecular formula is C10H21NO2. The zero-order valence-electron chi connectivity index (χ0n) is 8.30. The summed E-state index contributed by atoms with van der Waals surface area (Å²) in [5.41, 5.74) is 0. The summed E-state index contributed by atoms with van der Waals surface area (Å²) in [6, 6.07) is 0.543. The average Bonchev–Trinajstić information content (AvgIpc) is 2.41. The van der Waals surface area contributed by atoms with Crippen molar-refractivity contribution in [2.24, 2.45) is 0 Å². The molecule has 1 fully saturated rings. The highest BCUT2D eigenvalue weighted by Crippen LogP contribution is 2.08. The standard InChI is InChI=1S/C10H21NO2/c12-7-4-8-13-9-10-5-2-1-3-6-11-10/h10-12H,1-9H2. The van der Waals surface area contributed by atoms with Crippen molar-refractivity contribution in [3.8, 4) is 0 Å². The Balaban J connectivity index is 1.98. The largest absolute Gasteiger partial charge is 0.396 e. The molecule has 3 nitrogen and oxygen atoms in total. The van der Waals surface area contributed by atoms with E-state index in [-0.39, 0.29) is 6.61 Å². The molecule has 0 aromatic rings. The minimum atomic E-state index is 0.234. The van der Waals surface area contributed by atoms with E-state index in [1.54, 1.807) is 0 Å². The Hall–Kier alpha value is -0.120. The fourth-order valence-electron chi connectivity index (χ4n) is 1.64. The van der Waals surface area contributed by atoms with E-state index in [2.05, 4.69) is 5.32 Å². The van der Waals surface area contributed by atoms with Crippen LogP contribution in [0.3, 0.4) is 0 Å². The number of hydrogen-bond donors (Lipinski definition) is 2. The lowest BCUT2D eigenvalue weighted by Gasteiger charge is -2.15. The van der Waals surface area contributed by atoms with Crippen LogP contribution in [0.15, 0.2) is 0 Å². The van der Waals surface area contributed by atoms with Gasteiger partial charge in [0, 0.05) is 19.3 Å². The summed E-state index contributed by atoms with van der Waals surface area (Å²) in [5, 5.41) is 12.0. The molecule has 1 heterocycles. The maximum atomic E-state index is 8.55. The molecule has 0 aromatic heterocycles. The summed E-state index contributed by atoms with van der Waals surface area (Å²) in [7, 11) is 0. The SMILES string of the molecule is OCCCOCC1CCCCCN1. The smallest absolute Gasteiger partial charge is 0.0619 e. The van der Waals surface area contributed by atoms with Crippen molar-refractivity contribution in [2.75, 3.05) is 26.4 Å². The van der Waals surface area contributed by atoms with Crippen LogP contribution in [0.2, 0.25) is 0 Å². The molecule has 0 aromatic carbocycles. The Bertz CT molecular complexity index is 111. The number of ether oxygens (including phenoxy) is 1. The van der Waals surface area contributed by atoms with Gasteiger partial charge in [0.1, 0.15) is 0 Å². The summed E-state index contributed by atoms with van der Waals surface area (Å²) in [6.45, 7) is 2.86. The lowest BCUT2D eigenvalue weighted by molar-refractivity contribution is 0.0960. The van der Waals surface area contributed by atoms with Crippen LogP contribution in [0.25, 0.3) is 0 Å². The summed E-state index contributed by atoms with van der Waals surface area (Å²) in [4.78, 5) is 0. The van der Waals surface area contributed by atoms with Gasteiger partial charge in [-0.05, 0) is 25.8 Å². The Morgan fingerprint density at radius 2 is 2.23 bits per heavy atom. The van der Waals surface area contributed by atoms with Gasteiger partial charge in [0.25, 0.3) is 0 Å². The Kier molecular flexibility index (Phi) is 6.15. The summed E-state index contributed by atoms with van der Waals surface area (Å²) in [5.74, 6) is 0. The quantitative estimate of drug-likeness (QED) is 0.629. The van der Waals surface area contributed by atoms with E-state index in [4.69, 9.17) is 9.84 Å². The molecule has 1 unspecified atom stereocenters. The number of hydrogen-bond acceptors (Lipinski definition) is 3. The monoisotopic (exact) mass is 187 g/mol. The van der Waals surface area contributed by atoms with Gasteiger partial charge >= 0.3 is 0 Å². The molecule has 1 saturated heterocycles. The number of aliphatic hydroxyl groups is 1. The molecule has 78 valence electrons. The molecule has 0 saturated carbocycles. The Morgan fingerprint density at radius 1 is 1.31 bits per heavy atom. The van der Waals surface area contributed by atoms with E-state index in [0.717, 1.165) is 19.6 Å². The van der Waals surface area contributed by atoms with Crippen molar-refractivity contribution in [2.45, 2.75) is 38.1 Å². The van der Waals surface area contributed by atoms with Crippen LogP contribution in [0.4, 0.5) is 0 Å². The average molecular weight is 187 g/mol. The van der Waals surface area contributed by atoms with Crippen molar-refractivity contribution in [3.05, 3.63) is 0 Å². The van der Waals surface area contributed by atoms with Crippen molar-refractivity contribution >= 4 is 0 Å². The molecule has 1 rings (SSSR count). The first-order valence-electron chi connectivity index (χ1n) is 5.35. The van der Waals surface area contributed by atoms with Gasteiger partial charge in [-0.2, -0.15) is 0 Å². The zero-order chi connectivity index (χ0) is 9.36. The van der Waals surface area contributed by atoms with E-state index >= 15 is 0 Å². The summed E-state index contributed by atoms with van der Waals surface area (Å²) < 4.78 is 5.45. The highest BCUT2D eigenvalue weighted by Gasteiger charge is 2.10. The van der Waals surface area contributed by atoms with Gasteiger partial charge in [0.2, 0.25) is 0 Å². The first-order valence-corrected chi connectivity index (χ1v) is 5.35. The maximum Gasteiger partial charge on any atom is 0.0619 e. The first kappa shape index (κ1) is 11.0. The van der Waals surface area contributed by atoms with Gasteiger partial charge in [-0.25, -0.2) is 0 Å². The van der Waals surface area contributed by atoms with Gasteiger partial charge in [0.05, 0.1) is 6.61 Å². The van der Waals surface area contributed by atoms with Crippen LogP contribution in [0.5, 0.6) is 0 Å². The maximum absolute atomic E-state index is 8.55. The Labute approximate surface area is 80.5 Å². The predicted molar refractivity (Wildman–Crippen MR) is 52.8 cm³/mol. The highest BCUT2D eigenvalue weighted by atomic mass is 16.5. The predicted octanol–water partition coefficient (Wildman–Crippen LogP) is 0.918. The minimum absolute atomic E-state index is 0.234. The fourth-order valence-corrected chi connectivity index (χ4v) is 1.64. The minimum Gasteiger partial charge on any atom is -0.396 e. The lowest BCUT2D eigenvalue weighted by atomic mass is 10.1. The van der Waals surface area contributed by atoms with Crippen LogP contribution in [0.1, 0.15) is 32.1 Å². The van der Waals surface area contributed by atoms with Crippen LogP contribution in [-0.4, -0.2) is 37.5 Å². The zero-order valence-corrected chi connectivity index (χ0v) is 8.30. The van der Waals surface area contributed by atoms with Crippen molar-refractivity contribution in [1.82, 2.24) is 5.32 Å². The second-order valence-corrected chi connectivity index (χ2v) is 3.65. The lowest BCUT2D eigenvalue weighted by Crippen LogP contribution is -2.32. The van der Waals surface area contributed by atoms with Crippen LogP contribution in [-0.2, 0) is 4.74 Å². The van der Waals surface area contributed by atoms with Gasteiger partial charge in [-0.1, -0.05) is 12.8 Å². The molecule has 2 N–H and O–H groups in total. The molecular weight excluding hydrogens is 166 g/mol. The highest BCUT2D eigenvalue weighted by molar-refractivity contribution is 4.69. The van der Waals surface area contributed by atoms with E-state index in [9.17, 15) is 0 Å². The number of rotatable bonds is 5. The molecule has 0 aliphatic carbocycles. The van der Waals surface area contributed by atoms with Gasteiger partial charge < -0.3 is 15.2 Å². The molecule has 1 atom stereocenters. The molecule has 3 heteroatoms. The molecule has 0 radical (unpaired) electrons. The molecule has 0 spiro atoms. The number of nitrogens with one attached hydrogen (secondary N) is 1. The molecule has 0 amide bonds. The van der Waals surface area contributed by atoms with E-state index in [1.807, 2.05) is 0 Å². The van der Waals surface area contributed by atoms with Gasteiger partial charge in [-0.15, -0.1) is 0 Å². The topological polar surface area (TPSA) is 41.5 Å². The van der Waals surface area contributed by atoms with Crippen molar-refractivity contribution in [3.63, 3.8) is 0 Å². The second kappa shape index (κ2) is 7.30. The fraction of sp³-hybridized carbons (Fsp3) is 1.00. The normalized spacial score (nSPS) is 24.2. The first-order chi connectivity index (χ1) is 6.43. The Morgan fingerprint density at radius 3 is 3.08 bits per heavy atom. The number of aliphatic hydroxyl groups excluding tert-OH is 1. The van der Waals surface area contributed by atoms with Gasteiger partial charge in [0.15, 0.2) is 0 Å². The van der Waals surface area contributed by atoms with Crippen molar-refractivity contribution in [1.29, 1.82) is 0 Å². The third-order valence-corrected chi connectivity index (χ3v) is 2.43. The molecule has 13 heavy (non-hydrogen) atoms. The van der Waals surface area contributed by atoms with E-state index in [0.29, 0.717) is 12.6 Å². The van der Waals surface area contributed by atoms with Gasteiger partial charge in [-0.3, -0.25) is 0 Å². The van der Waals surface area contributed by atoms with E-state index in [1.165, 1.54) is 25.7 Å². The molecule has 0 bridgehead atoms.